The molecule has 110 valence electrons. The van der Waals surface area contributed by atoms with Crippen LogP contribution in [0.4, 0.5) is 0 Å². The third-order valence-corrected chi connectivity index (χ3v) is 3.93. The fraction of sp³-hybridized carbons (Fsp3) is 0.400. The molecule has 1 aromatic carbocycles. The van der Waals surface area contributed by atoms with Crippen LogP contribution in [-0.2, 0) is 21.7 Å². The minimum Gasteiger partial charge on any atom is -0.480 e. The number of benzene rings is 1. The first-order valence-electron chi connectivity index (χ1n) is 6.76. The Hall–Kier alpha value is -2.21. The van der Waals surface area contributed by atoms with Gasteiger partial charge in [-0.2, -0.15) is 5.10 Å². The van der Waals surface area contributed by atoms with E-state index in [1.54, 1.807) is 13.2 Å². The first-order chi connectivity index (χ1) is 9.97. The summed E-state index contributed by atoms with van der Waals surface area (Å²) in [5, 5.41) is 14.5. The Bertz CT molecular complexity index is 790. The van der Waals surface area contributed by atoms with E-state index in [1.165, 1.54) is 0 Å². The van der Waals surface area contributed by atoms with E-state index in [9.17, 15) is 9.59 Å². The lowest BCUT2D eigenvalue weighted by molar-refractivity contribution is -0.138. The van der Waals surface area contributed by atoms with E-state index in [2.05, 4.69) is 5.10 Å². The zero-order valence-corrected chi connectivity index (χ0v) is 11.9. The summed E-state index contributed by atoms with van der Waals surface area (Å²) in [6.07, 6.45) is 1.65. The second-order valence-electron chi connectivity index (χ2n) is 5.45. The molecule has 0 bridgehead atoms. The number of fused-ring (bicyclic) bond motifs is 1. The average molecular weight is 288 g/mol. The van der Waals surface area contributed by atoms with E-state index in [0.29, 0.717) is 11.1 Å². The van der Waals surface area contributed by atoms with Crippen molar-refractivity contribution in [2.45, 2.75) is 31.9 Å². The zero-order valence-electron chi connectivity index (χ0n) is 11.9. The number of aromatic nitrogens is 2. The number of nitrogens with zero attached hydrogens (tertiary/aromatic N) is 2. The predicted molar refractivity (Wildman–Crippen MR) is 76.3 cm³/mol. The number of aliphatic carboxylic acids is 1. The lowest BCUT2D eigenvalue weighted by atomic mass is 10.0. The van der Waals surface area contributed by atoms with E-state index in [1.807, 2.05) is 19.1 Å². The van der Waals surface area contributed by atoms with Crippen LogP contribution in [0.5, 0.6) is 0 Å². The summed E-state index contributed by atoms with van der Waals surface area (Å²) in [6, 6.07) is 5.47. The van der Waals surface area contributed by atoms with Gasteiger partial charge in [-0.1, -0.05) is 11.6 Å². The third kappa shape index (κ3) is 2.21. The highest BCUT2D eigenvalue weighted by Gasteiger charge is 2.48. The standard InChI is InChI=1S/C15H16N2O4/c1-9-3-4-10-11(7-9)13(15(21-2)5-6-15)16-17(14(10)20)8-12(18)19/h3-4,7H,5-6,8H2,1-2H3,(H,18,19). The van der Waals surface area contributed by atoms with Crippen molar-refractivity contribution in [2.24, 2.45) is 0 Å². The molecular weight excluding hydrogens is 272 g/mol. The number of carboxylic acids is 1. The lowest BCUT2D eigenvalue weighted by Crippen LogP contribution is -2.30. The van der Waals surface area contributed by atoms with Crippen LogP contribution in [0.3, 0.4) is 0 Å². The molecule has 1 saturated carbocycles. The molecule has 21 heavy (non-hydrogen) atoms. The number of ether oxygens (including phenoxy) is 1. The van der Waals surface area contributed by atoms with Crippen LogP contribution in [0.2, 0.25) is 0 Å². The Morgan fingerprint density at radius 2 is 2.14 bits per heavy atom. The van der Waals surface area contributed by atoms with E-state index >= 15 is 0 Å². The Morgan fingerprint density at radius 3 is 2.71 bits per heavy atom. The number of carbonyl (C=O) groups is 1. The maximum Gasteiger partial charge on any atom is 0.325 e. The first kappa shape index (κ1) is 13.8. The minimum absolute atomic E-state index is 0.386. The normalized spacial score (nSPS) is 16.1. The van der Waals surface area contributed by atoms with Gasteiger partial charge in [0, 0.05) is 12.5 Å². The zero-order chi connectivity index (χ0) is 15.2. The molecule has 0 saturated heterocycles. The van der Waals surface area contributed by atoms with Crippen LogP contribution < -0.4 is 5.56 Å². The number of hydrogen-bond donors (Lipinski definition) is 1. The van der Waals surface area contributed by atoms with Crippen molar-refractivity contribution in [1.82, 2.24) is 9.78 Å². The molecule has 3 rings (SSSR count). The maximum atomic E-state index is 12.4. The quantitative estimate of drug-likeness (QED) is 0.920. The van der Waals surface area contributed by atoms with Gasteiger partial charge in [0.05, 0.1) is 5.39 Å². The van der Waals surface area contributed by atoms with Gasteiger partial charge < -0.3 is 9.84 Å². The van der Waals surface area contributed by atoms with Crippen LogP contribution in [0, 0.1) is 6.92 Å². The van der Waals surface area contributed by atoms with Crippen molar-refractivity contribution < 1.29 is 14.6 Å². The van der Waals surface area contributed by atoms with Gasteiger partial charge in [-0.25, -0.2) is 4.68 Å². The van der Waals surface area contributed by atoms with Gasteiger partial charge in [-0.3, -0.25) is 9.59 Å². The molecule has 6 heteroatoms. The number of aryl methyl sites for hydroxylation is 1. The molecule has 6 nitrogen and oxygen atoms in total. The fourth-order valence-corrected chi connectivity index (χ4v) is 2.62. The number of hydrogen-bond acceptors (Lipinski definition) is 4. The van der Waals surface area contributed by atoms with Crippen LogP contribution in [0.1, 0.15) is 24.1 Å². The summed E-state index contributed by atoms with van der Waals surface area (Å²) >= 11 is 0. The summed E-state index contributed by atoms with van der Waals surface area (Å²) < 4.78 is 6.57. The highest BCUT2D eigenvalue weighted by molar-refractivity contribution is 5.85. The molecule has 0 spiro atoms. The van der Waals surface area contributed by atoms with Gasteiger partial charge in [-0.15, -0.1) is 0 Å². The van der Waals surface area contributed by atoms with E-state index in [0.717, 1.165) is 28.5 Å². The van der Waals surface area contributed by atoms with E-state index < -0.39 is 18.1 Å². The SMILES string of the molecule is COC1(c2nn(CC(=O)O)c(=O)c3ccc(C)cc23)CC1. The fourth-order valence-electron chi connectivity index (χ4n) is 2.62. The number of rotatable bonds is 4. The van der Waals surface area contributed by atoms with Gasteiger partial charge in [-0.05, 0) is 31.9 Å². The molecule has 0 amide bonds. The molecule has 0 aliphatic heterocycles. The van der Waals surface area contributed by atoms with Gasteiger partial charge in [0.2, 0.25) is 0 Å². The number of carboxylic acid groups (broad SMARTS) is 1. The lowest BCUT2D eigenvalue weighted by Gasteiger charge is -2.17. The second kappa shape index (κ2) is 4.66. The summed E-state index contributed by atoms with van der Waals surface area (Å²) in [5.41, 5.74) is 0.806. The predicted octanol–water partition coefficient (Wildman–Crippen LogP) is 1.43. The summed E-state index contributed by atoms with van der Waals surface area (Å²) in [7, 11) is 1.61. The van der Waals surface area contributed by atoms with Crippen molar-refractivity contribution in [3.63, 3.8) is 0 Å². The van der Waals surface area contributed by atoms with Crippen molar-refractivity contribution in [1.29, 1.82) is 0 Å². The Morgan fingerprint density at radius 1 is 1.43 bits per heavy atom. The molecule has 0 radical (unpaired) electrons. The minimum atomic E-state index is -1.09. The largest absolute Gasteiger partial charge is 0.480 e. The highest BCUT2D eigenvalue weighted by atomic mass is 16.5. The molecule has 1 aliphatic rings. The molecule has 1 aliphatic carbocycles. The van der Waals surface area contributed by atoms with Crippen LogP contribution in [-0.4, -0.2) is 28.0 Å². The van der Waals surface area contributed by atoms with Crippen LogP contribution >= 0.6 is 0 Å². The van der Waals surface area contributed by atoms with E-state index in [-0.39, 0.29) is 5.56 Å². The van der Waals surface area contributed by atoms with Crippen LogP contribution in [0.25, 0.3) is 10.8 Å². The topological polar surface area (TPSA) is 81.4 Å². The van der Waals surface area contributed by atoms with Gasteiger partial charge in [0.25, 0.3) is 5.56 Å². The van der Waals surface area contributed by atoms with Crippen molar-refractivity contribution in [2.75, 3.05) is 7.11 Å². The Kier molecular flexibility index (Phi) is 3.06. The summed E-state index contributed by atoms with van der Waals surface area (Å²) in [5.74, 6) is -1.09. The first-order valence-corrected chi connectivity index (χ1v) is 6.76. The molecular formula is C15H16N2O4. The average Bonchev–Trinajstić information content (AvgIpc) is 3.22. The van der Waals surface area contributed by atoms with Gasteiger partial charge in [0.15, 0.2) is 0 Å². The maximum absolute atomic E-state index is 12.4. The van der Waals surface area contributed by atoms with E-state index in [4.69, 9.17) is 9.84 Å². The van der Waals surface area contributed by atoms with Gasteiger partial charge >= 0.3 is 5.97 Å². The van der Waals surface area contributed by atoms with Crippen molar-refractivity contribution in [3.05, 3.63) is 39.8 Å². The number of methoxy groups -OCH3 is 1. The molecule has 1 N–H and O–H groups in total. The molecule has 2 aromatic rings. The molecule has 0 atom stereocenters. The Balaban J connectivity index is 2.33. The third-order valence-electron chi connectivity index (χ3n) is 3.93. The summed E-state index contributed by atoms with van der Waals surface area (Å²) in [6.45, 7) is 1.49. The summed E-state index contributed by atoms with van der Waals surface area (Å²) in [4.78, 5) is 23.3. The molecule has 1 aromatic heterocycles. The Labute approximate surface area is 121 Å². The van der Waals surface area contributed by atoms with Gasteiger partial charge in [0.1, 0.15) is 17.8 Å². The van der Waals surface area contributed by atoms with Crippen LogP contribution in [0.15, 0.2) is 23.0 Å². The van der Waals surface area contributed by atoms with Crippen molar-refractivity contribution >= 4 is 16.7 Å². The van der Waals surface area contributed by atoms with Crippen molar-refractivity contribution in [3.8, 4) is 0 Å². The molecule has 0 unspecified atom stereocenters. The monoisotopic (exact) mass is 288 g/mol. The second-order valence-corrected chi connectivity index (χ2v) is 5.45. The smallest absolute Gasteiger partial charge is 0.325 e. The highest BCUT2D eigenvalue weighted by Crippen LogP contribution is 2.49. The molecule has 1 fully saturated rings. The molecule has 1 heterocycles.